The van der Waals surface area contributed by atoms with Gasteiger partial charge < -0.3 is 15.1 Å². The molecule has 1 amide bonds. The molecule has 1 heterocycles. The maximum Gasteiger partial charge on any atom is 0.303 e. The first-order valence-electron chi connectivity index (χ1n) is 10.1. The second kappa shape index (κ2) is 9.86. The summed E-state index contributed by atoms with van der Waals surface area (Å²) in [7, 11) is 0. The fourth-order valence-electron chi connectivity index (χ4n) is 3.81. The number of Topliss-reactive ketones (excluding diaryl/α,β-unsaturated/α-hetero) is 1. The number of aliphatic carboxylic acids is 1. The van der Waals surface area contributed by atoms with Crippen LogP contribution in [-0.4, -0.2) is 44.2 Å². The van der Waals surface area contributed by atoms with Gasteiger partial charge in [-0.05, 0) is 18.9 Å². The molecule has 9 heteroatoms. The number of carbonyl (C=O) groups is 3. The molecule has 3 rings (SSSR count). The summed E-state index contributed by atoms with van der Waals surface area (Å²) in [4.78, 5) is 48.7. The SMILES string of the molecule is O=C(O)CCCCCN1C(=O)C(=O)C(=C(O)c2ccccc2)[C@H]1c1ccccc1[N+](=O)[O-]. The number of benzene rings is 2. The number of para-hydroxylation sites is 1. The summed E-state index contributed by atoms with van der Waals surface area (Å²) in [6, 6.07) is 12.9. The number of rotatable bonds is 9. The van der Waals surface area contributed by atoms with Crippen molar-refractivity contribution in [3.63, 3.8) is 0 Å². The lowest BCUT2D eigenvalue weighted by Gasteiger charge is -2.25. The van der Waals surface area contributed by atoms with Gasteiger partial charge >= 0.3 is 5.97 Å². The lowest BCUT2D eigenvalue weighted by atomic mass is 9.94. The minimum absolute atomic E-state index is 0.0135. The van der Waals surface area contributed by atoms with Crippen LogP contribution in [0.1, 0.15) is 42.9 Å². The van der Waals surface area contributed by atoms with Crippen molar-refractivity contribution in [1.82, 2.24) is 4.90 Å². The first kappa shape index (κ1) is 22.7. The van der Waals surface area contributed by atoms with Gasteiger partial charge in [0.2, 0.25) is 0 Å². The molecule has 1 saturated heterocycles. The molecule has 0 spiro atoms. The molecular weight excluding hydrogens is 416 g/mol. The van der Waals surface area contributed by atoms with Crippen molar-refractivity contribution in [2.75, 3.05) is 6.54 Å². The fourth-order valence-corrected chi connectivity index (χ4v) is 3.81. The van der Waals surface area contributed by atoms with Crippen LogP contribution < -0.4 is 0 Å². The molecule has 2 aromatic rings. The quantitative estimate of drug-likeness (QED) is 0.152. The molecule has 0 saturated carbocycles. The number of aliphatic hydroxyl groups is 1. The molecule has 166 valence electrons. The monoisotopic (exact) mass is 438 g/mol. The van der Waals surface area contributed by atoms with Crippen LogP contribution in [-0.2, 0) is 14.4 Å². The summed E-state index contributed by atoms with van der Waals surface area (Å²) < 4.78 is 0. The number of nitrogens with zero attached hydrogens (tertiary/aromatic N) is 2. The zero-order chi connectivity index (χ0) is 23.3. The molecule has 2 aromatic carbocycles. The maximum atomic E-state index is 12.9. The lowest BCUT2D eigenvalue weighted by Crippen LogP contribution is -2.31. The van der Waals surface area contributed by atoms with Crippen LogP contribution >= 0.6 is 0 Å². The molecule has 0 bridgehead atoms. The van der Waals surface area contributed by atoms with Gasteiger partial charge in [0.15, 0.2) is 0 Å². The third-order valence-electron chi connectivity index (χ3n) is 5.30. The Morgan fingerprint density at radius 1 is 0.969 bits per heavy atom. The molecule has 1 fully saturated rings. The second-order valence-electron chi connectivity index (χ2n) is 7.38. The Bertz CT molecular complexity index is 1080. The van der Waals surface area contributed by atoms with Crippen LogP contribution in [0, 0.1) is 10.1 Å². The molecule has 1 atom stereocenters. The highest BCUT2D eigenvalue weighted by molar-refractivity contribution is 6.46. The Morgan fingerprint density at radius 3 is 2.28 bits per heavy atom. The number of ketones is 1. The third-order valence-corrected chi connectivity index (χ3v) is 5.30. The first-order valence-corrected chi connectivity index (χ1v) is 10.1. The molecule has 9 nitrogen and oxygen atoms in total. The number of amides is 1. The summed E-state index contributed by atoms with van der Waals surface area (Å²) in [5.41, 5.74) is -0.0365. The molecule has 0 radical (unpaired) electrons. The fraction of sp³-hybridized carbons (Fsp3) is 0.261. The predicted molar refractivity (Wildman–Crippen MR) is 115 cm³/mol. The average molecular weight is 438 g/mol. The number of likely N-dealkylation sites (tertiary alicyclic amines) is 1. The van der Waals surface area contributed by atoms with E-state index in [0.717, 1.165) is 0 Å². The number of aliphatic hydroxyl groups excluding tert-OH is 1. The average Bonchev–Trinajstić information content (AvgIpc) is 3.03. The van der Waals surface area contributed by atoms with Gasteiger partial charge in [-0.15, -0.1) is 0 Å². The van der Waals surface area contributed by atoms with Gasteiger partial charge in [0, 0.05) is 24.6 Å². The highest BCUT2D eigenvalue weighted by atomic mass is 16.6. The van der Waals surface area contributed by atoms with E-state index in [1.165, 1.54) is 23.1 Å². The second-order valence-corrected chi connectivity index (χ2v) is 7.38. The molecule has 0 unspecified atom stereocenters. The van der Waals surface area contributed by atoms with Gasteiger partial charge in [0.25, 0.3) is 17.4 Å². The van der Waals surface area contributed by atoms with Crippen molar-refractivity contribution < 1.29 is 29.5 Å². The summed E-state index contributed by atoms with van der Waals surface area (Å²) >= 11 is 0. The van der Waals surface area contributed by atoms with E-state index in [2.05, 4.69) is 0 Å². The van der Waals surface area contributed by atoms with Gasteiger partial charge in [-0.25, -0.2) is 0 Å². The molecule has 1 aliphatic rings. The number of carbonyl (C=O) groups excluding carboxylic acids is 2. The predicted octanol–water partition coefficient (Wildman–Crippen LogP) is 3.66. The number of hydrogen-bond donors (Lipinski definition) is 2. The normalized spacial score (nSPS) is 17.5. The smallest absolute Gasteiger partial charge is 0.303 e. The minimum Gasteiger partial charge on any atom is -0.507 e. The molecule has 0 aliphatic carbocycles. The van der Waals surface area contributed by atoms with Crippen LogP contribution in [0.25, 0.3) is 5.76 Å². The largest absolute Gasteiger partial charge is 0.507 e. The van der Waals surface area contributed by atoms with E-state index in [1.54, 1.807) is 36.4 Å². The Labute approximate surface area is 183 Å². The van der Waals surface area contributed by atoms with E-state index in [9.17, 15) is 29.6 Å². The van der Waals surface area contributed by atoms with Gasteiger partial charge in [-0.2, -0.15) is 0 Å². The van der Waals surface area contributed by atoms with Crippen molar-refractivity contribution in [1.29, 1.82) is 0 Å². The standard InChI is InChI=1S/C23H22N2O7/c26-18(27)13-5-2-8-14-24-20(16-11-6-7-12-17(16)25(31)32)19(22(29)23(24)30)21(28)15-9-3-1-4-10-15/h1,3-4,6-7,9-12,20,28H,2,5,8,13-14H2,(H,26,27)/t20-/m1/s1. The molecular formula is C23H22N2O7. The van der Waals surface area contributed by atoms with Gasteiger partial charge in [0.1, 0.15) is 5.76 Å². The van der Waals surface area contributed by atoms with Gasteiger partial charge in [-0.3, -0.25) is 24.5 Å². The Morgan fingerprint density at radius 2 is 1.62 bits per heavy atom. The Balaban J connectivity index is 2.05. The first-order chi connectivity index (χ1) is 15.3. The van der Waals surface area contributed by atoms with Crippen LogP contribution in [0.4, 0.5) is 5.69 Å². The highest BCUT2D eigenvalue weighted by Crippen LogP contribution is 2.42. The van der Waals surface area contributed by atoms with Crippen LogP contribution in [0.2, 0.25) is 0 Å². The Hall–Kier alpha value is -4.01. The van der Waals surface area contributed by atoms with E-state index in [1.807, 2.05) is 0 Å². The number of unbranched alkanes of at least 4 members (excludes halogenated alkanes) is 2. The maximum absolute atomic E-state index is 12.9. The molecule has 0 aromatic heterocycles. The van der Waals surface area contributed by atoms with Crippen molar-refractivity contribution in [3.8, 4) is 0 Å². The van der Waals surface area contributed by atoms with Crippen LogP contribution in [0.3, 0.4) is 0 Å². The zero-order valence-corrected chi connectivity index (χ0v) is 17.1. The summed E-state index contributed by atoms with van der Waals surface area (Å²) in [6.45, 7) is 0.0898. The number of hydrogen-bond acceptors (Lipinski definition) is 6. The topological polar surface area (TPSA) is 138 Å². The van der Waals surface area contributed by atoms with E-state index in [-0.39, 0.29) is 29.8 Å². The number of carboxylic acid groups (broad SMARTS) is 1. The van der Waals surface area contributed by atoms with E-state index in [4.69, 9.17) is 5.11 Å². The van der Waals surface area contributed by atoms with Crippen molar-refractivity contribution in [2.45, 2.75) is 31.7 Å². The lowest BCUT2D eigenvalue weighted by molar-refractivity contribution is -0.385. The van der Waals surface area contributed by atoms with Gasteiger partial charge in [-0.1, -0.05) is 48.9 Å². The number of carboxylic acids is 1. The van der Waals surface area contributed by atoms with Crippen LogP contribution in [0.15, 0.2) is 60.2 Å². The van der Waals surface area contributed by atoms with E-state index >= 15 is 0 Å². The summed E-state index contributed by atoms with van der Waals surface area (Å²) in [5.74, 6) is -3.10. The van der Waals surface area contributed by atoms with E-state index < -0.39 is 34.4 Å². The minimum atomic E-state index is -1.13. The zero-order valence-electron chi connectivity index (χ0n) is 17.1. The van der Waals surface area contributed by atoms with Crippen LogP contribution in [0.5, 0.6) is 0 Å². The van der Waals surface area contributed by atoms with Crippen molar-refractivity contribution >= 4 is 29.1 Å². The molecule has 1 aliphatic heterocycles. The highest BCUT2D eigenvalue weighted by Gasteiger charge is 2.47. The number of nitro groups is 1. The van der Waals surface area contributed by atoms with Crippen molar-refractivity contribution in [3.05, 3.63) is 81.4 Å². The van der Waals surface area contributed by atoms with Crippen molar-refractivity contribution in [2.24, 2.45) is 0 Å². The summed E-state index contributed by atoms with van der Waals surface area (Å²) in [5, 5.41) is 31.3. The van der Waals surface area contributed by atoms with Gasteiger partial charge in [0.05, 0.1) is 22.1 Å². The number of nitro benzene ring substituents is 1. The Kier molecular flexibility index (Phi) is 6.99. The third kappa shape index (κ3) is 4.66. The molecule has 32 heavy (non-hydrogen) atoms. The summed E-state index contributed by atoms with van der Waals surface area (Å²) in [6.07, 6.45) is 1.29. The van der Waals surface area contributed by atoms with E-state index in [0.29, 0.717) is 24.8 Å². The molecule has 2 N–H and O–H groups in total.